The summed E-state index contributed by atoms with van der Waals surface area (Å²) in [6, 6.07) is 4.78. The van der Waals surface area contributed by atoms with E-state index in [-0.39, 0.29) is 24.4 Å². The van der Waals surface area contributed by atoms with Gasteiger partial charge in [0.2, 0.25) is 5.91 Å². The number of fused-ring (bicyclic) bond motifs is 2. The molecule has 0 saturated heterocycles. The second kappa shape index (κ2) is 8.00. The van der Waals surface area contributed by atoms with Crippen LogP contribution in [0.4, 0.5) is 0 Å². The molecule has 0 spiro atoms. The van der Waals surface area contributed by atoms with E-state index in [0.29, 0.717) is 23.8 Å². The lowest BCUT2D eigenvalue weighted by Crippen LogP contribution is -2.50. The molecule has 3 nitrogen and oxygen atoms in total. The van der Waals surface area contributed by atoms with Gasteiger partial charge in [0.05, 0.1) is 6.54 Å². The Kier molecular flexibility index (Phi) is 6.52. The van der Waals surface area contributed by atoms with Crippen LogP contribution < -0.4 is 5.73 Å². The van der Waals surface area contributed by atoms with Crippen LogP contribution in [-0.2, 0) is 11.3 Å². The zero-order valence-electron chi connectivity index (χ0n) is 14.1. The molecule has 2 fully saturated rings. The van der Waals surface area contributed by atoms with E-state index in [1.54, 1.807) is 11.3 Å². The fourth-order valence-corrected chi connectivity index (χ4v) is 5.01. The van der Waals surface area contributed by atoms with Gasteiger partial charge >= 0.3 is 0 Å². The van der Waals surface area contributed by atoms with Crippen molar-refractivity contribution in [3.05, 3.63) is 22.4 Å². The van der Waals surface area contributed by atoms with Gasteiger partial charge in [-0.15, -0.1) is 23.7 Å². The molecule has 1 aromatic heterocycles. The summed E-state index contributed by atoms with van der Waals surface area (Å²) < 4.78 is 0. The molecule has 2 aliphatic rings. The Morgan fingerprint density at radius 3 is 2.52 bits per heavy atom. The van der Waals surface area contributed by atoms with Gasteiger partial charge < -0.3 is 10.6 Å². The quantitative estimate of drug-likeness (QED) is 0.884. The fourth-order valence-electron chi connectivity index (χ4n) is 4.31. The molecule has 0 aromatic carbocycles. The zero-order valence-corrected chi connectivity index (χ0v) is 15.7. The summed E-state index contributed by atoms with van der Waals surface area (Å²) in [5.74, 6) is 1.68. The van der Waals surface area contributed by atoms with Crippen LogP contribution in [0.5, 0.6) is 0 Å². The third-order valence-corrected chi connectivity index (χ3v) is 6.44. The van der Waals surface area contributed by atoms with Crippen LogP contribution in [0.25, 0.3) is 0 Å². The zero-order chi connectivity index (χ0) is 15.7. The molecular formula is C18H29ClN2OS. The van der Waals surface area contributed by atoms with Crippen molar-refractivity contribution in [3.63, 3.8) is 0 Å². The van der Waals surface area contributed by atoms with E-state index in [1.807, 2.05) is 0 Å². The predicted molar refractivity (Wildman–Crippen MR) is 98.8 cm³/mol. The van der Waals surface area contributed by atoms with Crippen molar-refractivity contribution in [3.8, 4) is 0 Å². The van der Waals surface area contributed by atoms with Crippen LogP contribution in [0.3, 0.4) is 0 Å². The van der Waals surface area contributed by atoms with Gasteiger partial charge in [0.15, 0.2) is 0 Å². The predicted octanol–water partition coefficient (Wildman–Crippen LogP) is 4.06. The maximum absolute atomic E-state index is 13.1. The average Bonchev–Trinajstić information content (AvgIpc) is 2.96. The Labute approximate surface area is 150 Å². The first-order chi connectivity index (χ1) is 10.6. The van der Waals surface area contributed by atoms with Gasteiger partial charge in [0, 0.05) is 22.9 Å². The number of carbonyl (C=O) groups excluding carboxylic acids is 1. The Balaban J connectivity index is 0.00000192. The van der Waals surface area contributed by atoms with Crippen molar-refractivity contribution in [2.24, 2.45) is 23.5 Å². The molecule has 1 heterocycles. The number of halogens is 1. The molecule has 130 valence electrons. The highest BCUT2D eigenvalue weighted by Crippen LogP contribution is 2.42. The molecule has 3 rings (SSSR count). The van der Waals surface area contributed by atoms with Crippen LogP contribution >= 0.6 is 23.7 Å². The van der Waals surface area contributed by atoms with E-state index < -0.39 is 0 Å². The van der Waals surface area contributed by atoms with Crippen LogP contribution in [0, 0.1) is 17.8 Å². The largest absolute Gasteiger partial charge is 0.335 e. The number of hydrogen-bond acceptors (Lipinski definition) is 3. The fraction of sp³-hybridized carbons (Fsp3) is 0.722. The van der Waals surface area contributed by atoms with Gasteiger partial charge in [-0.05, 0) is 62.8 Å². The number of amides is 1. The lowest BCUT2D eigenvalue weighted by Gasteiger charge is -2.45. The molecule has 2 unspecified atom stereocenters. The molecule has 2 bridgehead atoms. The first-order valence-corrected chi connectivity index (χ1v) is 9.52. The number of thiophene rings is 1. The van der Waals surface area contributed by atoms with E-state index in [2.05, 4.69) is 36.3 Å². The van der Waals surface area contributed by atoms with Crippen molar-refractivity contribution in [2.45, 2.75) is 64.6 Å². The third-order valence-electron chi connectivity index (χ3n) is 5.57. The number of carbonyl (C=O) groups is 1. The molecule has 2 aliphatic carbocycles. The summed E-state index contributed by atoms with van der Waals surface area (Å²) in [4.78, 5) is 16.4. The molecule has 23 heavy (non-hydrogen) atoms. The standard InChI is InChI=1S/C18H28N2OS.ClH/c1-12(2)20(11-16-7-4-8-22-16)18(21)15-9-13-5-3-6-14(10-15)17(13)19;/h4,7-8,12-15,17H,3,5-6,9-11,19H2,1-2H3;1H. The van der Waals surface area contributed by atoms with E-state index in [0.717, 1.165) is 19.4 Å². The molecule has 2 N–H and O–H groups in total. The summed E-state index contributed by atoms with van der Waals surface area (Å²) in [5, 5.41) is 2.09. The molecule has 5 heteroatoms. The van der Waals surface area contributed by atoms with Crippen molar-refractivity contribution < 1.29 is 4.79 Å². The topological polar surface area (TPSA) is 46.3 Å². The van der Waals surface area contributed by atoms with E-state index in [4.69, 9.17) is 5.73 Å². The number of nitrogens with zero attached hydrogens (tertiary/aromatic N) is 1. The van der Waals surface area contributed by atoms with Crippen molar-refractivity contribution >= 4 is 29.7 Å². The van der Waals surface area contributed by atoms with Crippen molar-refractivity contribution in [1.82, 2.24) is 4.90 Å². The number of nitrogens with two attached hydrogens (primary N) is 1. The molecule has 2 atom stereocenters. The smallest absolute Gasteiger partial charge is 0.226 e. The van der Waals surface area contributed by atoms with Crippen molar-refractivity contribution in [1.29, 1.82) is 0 Å². The summed E-state index contributed by atoms with van der Waals surface area (Å²) in [7, 11) is 0. The molecular weight excluding hydrogens is 328 g/mol. The van der Waals surface area contributed by atoms with Gasteiger partial charge in [-0.2, -0.15) is 0 Å². The maximum Gasteiger partial charge on any atom is 0.226 e. The lowest BCUT2D eigenvalue weighted by atomic mass is 9.65. The molecule has 0 radical (unpaired) electrons. The highest BCUT2D eigenvalue weighted by Gasteiger charge is 2.41. The lowest BCUT2D eigenvalue weighted by molar-refractivity contribution is -0.141. The highest BCUT2D eigenvalue weighted by molar-refractivity contribution is 7.09. The third kappa shape index (κ3) is 4.09. The van der Waals surface area contributed by atoms with E-state index >= 15 is 0 Å². The van der Waals surface area contributed by atoms with Crippen LogP contribution in [0.1, 0.15) is 50.8 Å². The van der Waals surface area contributed by atoms with Gasteiger partial charge in [0.1, 0.15) is 0 Å². The second-order valence-corrected chi connectivity index (χ2v) is 8.37. The number of rotatable bonds is 4. The minimum absolute atomic E-state index is 0. The SMILES string of the molecule is CC(C)N(Cc1cccs1)C(=O)C1CC2CCCC(C1)C2N.Cl. The van der Waals surface area contributed by atoms with Crippen LogP contribution in [0.15, 0.2) is 17.5 Å². The highest BCUT2D eigenvalue weighted by atomic mass is 35.5. The van der Waals surface area contributed by atoms with Gasteiger partial charge in [0.25, 0.3) is 0 Å². The van der Waals surface area contributed by atoms with Gasteiger partial charge in [-0.25, -0.2) is 0 Å². The average molecular weight is 357 g/mol. The van der Waals surface area contributed by atoms with Gasteiger partial charge in [-0.3, -0.25) is 4.79 Å². The Morgan fingerprint density at radius 1 is 1.35 bits per heavy atom. The van der Waals surface area contributed by atoms with Gasteiger partial charge in [-0.1, -0.05) is 12.5 Å². The second-order valence-electron chi connectivity index (χ2n) is 7.34. The van der Waals surface area contributed by atoms with Crippen LogP contribution in [-0.4, -0.2) is 22.9 Å². The van der Waals surface area contributed by atoms with E-state index in [1.165, 1.54) is 24.1 Å². The summed E-state index contributed by atoms with van der Waals surface area (Å²) >= 11 is 1.74. The minimum atomic E-state index is 0. The summed E-state index contributed by atoms with van der Waals surface area (Å²) in [5.41, 5.74) is 6.37. The molecule has 1 aromatic rings. The Morgan fingerprint density at radius 2 is 2.00 bits per heavy atom. The first-order valence-electron chi connectivity index (χ1n) is 8.64. The monoisotopic (exact) mass is 356 g/mol. The summed E-state index contributed by atoms with van der Waals surface area (Å²) in [6.07, 6.45) is 5.74. The first kappa shape index (κ1) is 18.8. The normalized spacial score (nSPS) is 29.9. The Hall–Kier alpha value is -0.580. The van der Waals surface area contributed by atoms with Crippen LogP contribution in [0.2, 0.25) is 0 Å². The molecule has 2 saturated carbocycles. The summed E-state index contributed by atoms with van der Waals surface area (Å²) in [6.45, 7) is 5.01. The molecule has 1 amide bonds. The number of hydrogen-bond donors (Lipinski definition) is 1. The maximum atomic E-state index is 13.1. The Bertz CT molecular complexity index is 491. The van der Waals surface area contributed by atoms with E-state index in [9.17, 15) is 4.79 Å². The molecule has 0 aliphatic heterocycles. The van der Waals surface area contributed by atoms with Crippen molar-refractivity contribution in [2.75, 3.05) is 0 Å². The minimum Gasteiger partial charge on any atom is -0.335 e.